The second kappa shape index (κ2) is 69.6. The van der Waals surface area contributed by atoms with Gasteiger partial charge >= 0.3 is 5.97 Å². The first-order chi connectivity index (χ1) is 39.5. The normalized spacial score (nSPS) is 12.7. The molecule has 80 heavy (non-hydrogen) atoms. The lowest BCUT2D eigenvalue weighted by atomic mass is 10.0. The largest absolute Gasteiger partial charge is 0.466 e. The molecule has 3 N–H and O–H groups in total. The highest BCUT2D eigenvalue weighted by atomic mass is 16.5. The van der Waals surface area contributed by atoms with Crippen molar-refractivity contribution in [2.24, 2.45) is 0 Å². The Labute approximate surface area is 500 Å². The predicted molar refractivity (Wildman–Crippen MR) is 352 cm³/mol. The van der Waals surface area contributed by atoms with E-state index >= 15 is 0 Å². The first kappa shape index (κ1) is 78.1. The van der Waals surface area contributed by atoms with E-state index in [0.29, 0.717) is 19.4 Å². The number of esters is 1. The molecule has 0 aliphatic rings. The fourth-order valence-electron chi connectivity index (χ4n) is 11.3. The second-order valence-electron chi connectivity index (χ2n) is 24.9. The molecule has 1 amide bonds. The molecule has 2 atom stereocenters. The summed E-state index contributed by atoms with van der Waals surface area (Å²) in [6, 6.07) is -0.630. The lowest BCUT2D eigenvalue weighted by Crippen LogP contribution is -2.45. The minimum Gasteiger partial charge on any atom is -0.466 e. The van der Waals surface area contributed by atoms with Crippen molar-refractivity contribution >= 4 is 11.9 Å². The van der Waals surface area contributed by atoms with Crippen molar-refractivity contribution in [1.29, 1.82) is 0 Å². The van der Waals surface area contributed by atoms with E-state index < -0.39 is 12.1 Å². The molecule has 0 aromatic rings. The number of unbranched alkanes of at least 4 members (excludes halogenated alkanes) is 53. The minimum atomic E-state index is -0.847. The smallest absolute Gasteiger partial charge is 0.305 e. The third kappa shape index (κ3) is 65.2. The summed E-state index contributed by atoms with van der Waals surface area (Å²) in [5.41, 5.74) is 0. The van der Waals surface area contributed by atoms with E-state index in [1.807, 2.05) is 6.08 Å². The highest BCUT2D eigenvalue weighted by molar-refractivity contribution is 5.76. The maximum atomic E-state index is 12.5. The molecule has 0 spiro atoms. The summed E-state index contributed by atoms with van der Waals surface area (Å²) in [7, 11) is 0. The van der Waals surface area contributed by atoms with Gasteiger partial charge in [0.15, 0.2) is 0 Å². The molecule has 0 aliphatic heterocycles. The Bertz CT molecular complexity index is 1300. The fraction of sp³-hybridized carbons (Fsp3) is 0.892. The first-order valence-electron chi connectivity index (χ1n) is 36.3. The van der Waals surface area contributed by atoms with Crippen LogP contribution in [0.5, 0.6) is 0 Å². The number of amides is 1. The molecule has 0 radical (unpaired) electrons. The van der Waals surface area contributed by atoms with Crippen molar-refractivity contribution in [1.82, 2.24) is 5.32 Å². The quantitative estimate of drug-likeness (QED) is 0.0320. The van der Waals surface area contributed by atoms with Gasteiger partial charge in [-0.25, -0.2) is 0 Å². The third-order valence-electron chi connectivity index (χ3n) is 16.9. The maximum Gasteiger partial charge on any atom is 0.305 e. The molecule has 0 aromatic carbocycles. The van der Waals surface area contributed by atoms with E-state index in [2.05, 4.69) is 43.5 Å². The van der Waals surface area contributed by atoms with Crippen LogP contribution in [0.2, 0.25) is 0 Å². The number of aliphatic hydroxyl groups is 2. The molecule has 472 valence electrons. The van der Waals surface area contributed by atoms with Crippen molar-refractivity contribution in [3.63, 3.8) is 0 Å². The molecule has 0 fully saturated rings. The predicted octanol–water partition coefficient (Wildman–Crippen LogP) is 23.5. The number of hydrogen-bond donors (Lipinski definition) is 3. The van der Waals surface area contributed by atoms with Crippen LogP contribution in [0.25, 0.3) is 0 Å². The lowest BCUT2D eigenvalue weighted by Gasteiger charge is -2.20. The monoisotopic (exact) mass is 1120 g/mol. The maximum absolute atomic E-state index is 12.5. The van der Waals surface area contributed by atoms with Gasteiger partial charge in [-0.2, -0.15) is 0 Å². The van der Waals surface area contributed by atoms with Crippen LogP contribution in [0, 0.1) is 0 Å². The highest BCUT2D eigenvalue weighted by Gasteiger charge is 2.18. The highest BCUT2D eigenvalue weighted by Crippen LogP contribution is 2.18. The summed E-state index contributed by atoms with van der Waals surface area (Å²) < 4.78 is 5.50. The average molecular weight is 1120 g/mol. The van der Waals surface area contributed by atoms with Crippen LogP contribution >= 0.6 is 0 Å². The topological polar surface area (TPSA) is 95.9 Å². The average Bonchev–Trinajstić information content (AvgIpc) is 3.46. The number of aliphatic hydroxyl groups excluding tert-OH is 2. The van der Waals surface area contributed by atoms with Gasteiger partial charge in [0.2, 0.25) is 5.91 Å². The molecule has 0 aliphatic carbocycles. The zero-order valence-electron chi connectivity index (χ0n) is 54.1. The van der Waals surface area contributed by atoms with Crippen molar-refractivity contribution in [3.05, 3.63) is 36.5 Å². The number of ether oxygens (including phenoxy) is 1. The zero-order valence-corrected chi connectivity index (χ0v) is 54.1. The van der Waals surface area contributed by atoms with Crippen LogP contribution in [0.1, 0.15) is 399 Å². The van der Waals surface area contributed by atoms with Gasteiger partial charge in [-0.15, -0.1) is 0 Å². The molecule has 6 heteroatoms. The molecule has 0 heterocycles. The summed E-state index contributed by atoms with van der Waals surface area (Å²) in [6.07, 6.45) is 89.4. The fourth-order valence-corrected chi connectivity index (χ4v) is 11.3. The first-order valence-corrected chi connectivity index (χ1v) is 36.3. The number of carbonyl (C=O) groups excluding carboxylic acids is 2. The van der Waals surface area contributed by atoms with E-state index in [0.717, 1.165) is 44.9 Å². The van der Waals surface area contributed by atoms with Gasteiger partial charge < -0.3 is 20.3 Å². The molecule has 2 unspecified atom stereocenters. The van der Waals surface area contributed by atoms with Gasteiger partial charge in [-0.1, -0.05) is 339 Å². The van der Waals surface area contributed by atoms with Crippen molar-refractivity contribution < 1.29 is 24.5 Å². The van der Waals surface area contributed by atoms with E-state index in [1.54, 1.807) is 6.08 Å². The summed E-state index contributed by atoms with van der Waals surface area (Å²) in [5.74, 6) is -0.0552. The van der Waals surface area contributed by atoms with Crippen molar-refractivity contribution in [3.8, 4) is 0 Å². The second-order valence-corrected chi connectivity index (χ2v) is 24.9. The third-order valence-corrected chi connectivity index (χ3v) is 16.9. The zero-order chi connectivity index (χ0) is 57.8. The van der Waals surface area contributed by atoms with E-state index in [-0.39, 0.29) is 18.5 Å². The van der Waals surface area contributed by atoms with Crippen LogP contribution in [0.3, 0.4) is 0 Å². The SMILES string of the molecule is CCCCCCCC/C=C\CCCCCCCCCC(=O)OCCCCCCCCCCCCCC/C=C\CCCCCCCCCCCCC(=O)NC(CO)C(O)/C=C/CCCCCCCCCCCCCCCCCCCC. The Balaban J connectivity index is 3.41. The molecular formula is C74H141NO5. The van der Waals surface area contributed by atoms with Gasteiger partial charge in [0, 0.05) is 12.8 Å². The van der Waals surface area contributed by atoms with Crippen LogP contribution < -0.4 is 5.32 Å². The Hall–Kier alpha value is -1.92. The molecule has 6 nitrogen and oxygen atoms in total. The van der Waals surface area contributed by atoms with Gasteiger partial charge in [0.25, 0.3) is 0 Å². The van der Waals surface area contributed by atoms with Crippen molar-refractivity contribution in [2.45, 2.75) is 411 Å². The molecule has 0 rings (SSSR count). The Kier molecular flexibility index (Phi) is 67.9. The van der Waals surface area contributed by atoms with Gasteiger partial charge in [-0.3, -0.25) is 9.59 Å². The van der Waals surface area contributed by atoms with E-state index in [9.17, 15) is 19.8 Å². The molecular weight excluding hydrogens is 983 g/mol. The van der Waals surface area contributed by atoms with Crippen LogP contribution in [-0.2, 0) is 14.3 Å². The molecule has 0 saturated heterocycles. The Morgan fingerprint density at radius 1 is 0.338 bits per heavy atom. The standard InChI is InChI=1S/C74H141NO5/c1-3-5-7-9-11-13-15-17-19-21-22-31-35-38-42-46-50-54-58-62-66-72(77)71(70-76)75-73(78)67-63-59-55-51-47-43-39-36-32-29-27-25-23-24-26-28-30-33-37-41-45-49-53-57-61-65-69-80-74(79)68-64-60-56-52-48-44-40-34-20-18-16-14-12-10-8-6-4-2/h18,20,23,25,62,66,71-72,76-77H,3-17,19,21-22,24,26-61,63-65,67-70H2,1-2H3,(H,75,78)/b20-18-,25-23-,66-62+. The summed E-state index contributed by atoms with van der Waals surface area (Å²) in [4.78, 5) is 24.6. The molecule has 0 aromatic heterocycles. The number of hydrogen-bond acceptors (Lipinski definition) is 5. The lowest BCUT2D eigenvalue weighted by molar-refractivity contribution is -0.143. The number of allylic oxidation sites excluding steroid dienone is 5. The Morgan fingerprint density at radius 3 is 0.887 bits per heavy atom. The van der Waals surface area contributed by atoms with Crippen LogP contribution in [0.15, 0.2) is 36.5 Å². The van der Waals surface area contributed by atoms with Gasteiger partial charge in [0.1, 0.15) is 0 Å². The minimum absolute atomic E-state index is 0.0112. The van der Waals surface area contributed by atoms with Gasteiger partial charge in [0.05, 0.1) is 25.4 Å². The molecule has 0 bridgehead atoms. The van der Waals surface area contributed by atoms with Crippen LogP contribution in [-0.4, -0.2) is 47.4 Å². The molecule has 0 saturated carbocycles. The number of rotatable bonds is 68. The number of nitrogens with one attached hydrogen (secondary N) is 1. The summed E-state index contributed by atoms with van der Waals surface area (Å²) in [5, 5.41) is 23.2. The summed E-state index contributed by atoms with van der Waals surface area (Å²) in [6.45, 7) is 4.93. The van der Waals surface area contributed by atoms with E-state index in [4.69, 9.17) is 4.74 Å². The van der Waals surface area contributed by atoms with E-state index in [1.165, 1.54) is 327 Å². The number of carbonyl (C=O) groups is 2. The van der Waals surface area contributed by atoms with Crippen molar-refractivity contribution in [2.75, 3.05) is 13.2 Å². The Morgan fingerprint density at radius 2 is 0.588 bits per heavy atom. The van der Waals surface area contributed by atoms with Gasteiger partial charge in [-0.05, 0) is 83.5 Å². The van der Waals surface area contributed by atoms with Crippen LogP contribution in [0.4, 0.5) is 0 Å². The summed E-state index contributed by atoms with van der Waals surface area (Å²) >= 11 is 0.